The smallest absolute Gasteiger partial charge is 0.303 e. The molecule has 0 radical (unpaired) electrons. The van der Waals surface area contributed by atoms with E-state index in [2.05, 4.69) is 21.2 Å². The number of hydrogen-bond donors (Lipinski definition) is 2. The SMILES string of the molecule is C[C@H](NC(=O)CCC(=O)O)c1ccc(Br)cc1. The van der Waals surface area contributed by atoms with E-state index in [1.807, 2.05) is 31.2 Å². The van der Waals surface area contributed by atoms with E-state index in [4.69, 9.17) is 5.11 Å². The van der Waals surface area contributed by atoms with E-state index in [-0.39, 0.29) is 24.8 Å². The molecule has 0 unspecified atom stereocenters. The zero-order valence-electron chi connectivity index (χ0n) is 9.44. The number of hydrogen-bond acceptors (Lipinski definition) is 2. The Bertz CT molecular complexity index is 403. The van der Waals surface area contributed by atoms with Gasteiger partial charge in [0.05, 0.1) is 12.5 Å². The molecular formula is C12H14BrNO3. The largest absolute Gasteiger partial charge is 0.481 e. The molecule has 1 amide bonds. The minimum atomic E-state index is -0.962. The van der Waals surface area contributed by atoms with Crippen LogP contribution in [0.5, 0.6) is 0 Å². The van der Waals surface area contributed by atoms with Gasteiger partial charge in [-0.1, -0.05) is 28.1 Å². The average molecular weight is 300 g/mol. The van der Waals surface area contributed by atoms with Crippen LogP contribution in [0.3, 0.4) is 0 Å². The summed E-state index contributed by atoms with van der Waals surface area (Å²) in [5.74, 6) is -1.21. The minimum absolute atomic E-state index is 0.0101. The molecule has 1 atom stereocenters. The van der Waals surface area contributed by atoms with Crippen LogP contribution in [-0.2, 0) is 9.59 Å². The molecule has 4 nitrogen and oxygen atoms in total. The molecule has 0 saturated carbocycles. The summed E-state index contributed by atoms with van der Waals surface area (Å²) in [6, 6.07) is 7.49. The van der Waals surface area contributed by atoms with E-state index in [0.717, 1.165) is 10.0 Å². The molecule has 0 fully saturated rings. The van der Waals surface area contributed by atoms with E-state index < -0.39 is 5.97 Å². The number of carbonyl (C=O) groups is 2. The molecule has 0 saturated heterocycles. The Morgan fingerprint density at radius 1 is 1.29 bits per heavy atom. The van der Waals surface area contributed by atoms with Gasteiger partial charge in [-0.25, -0.2) is 0 Å². The Labute approximate surface area is 108 Å². The van der Waals surface area contributed by atoms with Gasteiger partial charge in [-0.2, -0.15) is 0 Å². The van der Waals surface area contributed by atoms with Crippen molar-refractivity contribution in [2.45, 2.75) is 25.8 Å². The van der Waals surface area contributed by atoms with Crippen LogP contribution in [0.25, 0.3) is 0 Å². The maximum absolute atomic E-state index is 11.4. The third-order valence-electron chi connectivity index (χ3n) is 2.31. The first-order valence-electron chi connectivity index (χ1n) is 5.25. The number of rotatable bonds is 5. The lowest BCUT2D eigenvalue weighted by atomic mass is 10.1. The Hall–Kier alpha value is -1.36. The zero-order valence-corrected chi connectivity index (χ0v) is 11.0. The van der Waals surface area contributed by atoms with Crippen molar-refractivity contribution in [3.05, 3.63) is 34.3 Å². The number of amides is 1. The molecule has 1 rings (SSSR count). The molecule has 17 heavy (non-hydrogen) atoms. The second-order valence-electron chi connectivity index (χ2n) is 3.73. The Balaban J connectivity index is 2.48. The molecule has 0 bridgehead atoms. The fourth-order valence-electron chi connectivity index (χ4n) is 1.37. The van der Waals surface area contributed by atoms with Gasteiger partial charge >= 0.3 is 5.97 Å². The van der Waals surface area contributed by atoms with Crippen LogP contribution in [0.4, 0.5) is 0 Å². The normalized spacial score (nSPS) is 11.9. The van der Waals surface area contributed by atoms with Crippen LogP contribution in [0, 0.1) is 0 Å². The highest BCUT2D eigenvalue weighted by molar-refractivity contribution is 9.10. The summed E-state index contributed by atoms with van der Waals surface area (Å²) in [4.78, 5) is 21.7. The van der Waals surface area contributed by atoms with Crippen molar-refractivity contribution < 1.29 is 14.7 Å². The van der Waals surface area contributed by atoms with E-state index in [1.165, 1.54) is 0 Å². The number of benzene rings is 1. The molecule has 0 spiro atoms. The summed E-state index contributed by atoms with van der Waals surface area (Å²) in [6.07, 6.45) is -0.130. The van der Waals surface area contributed by atoms with Gasteiger partial charge in [0.2, 0.25) is 5.91 Å². The summed E-state index contributed by atoms with van der Waals surface area (Å²) >= 11 is 3.33. The van der Waals surface area contributed by atoms with Crippen LogP contribution in [-0.4, -0.2) is 17.0 Å². The topological polar surface area (TPSA) is 66.4 Å². The van der Waals surface area contributed by atoms with Crippen LogP contribution < -0.4 is 5.32 Å². The van der Waals surface area contributed by atoms with Gasteiger partial charge in [0.15, 0.2) is 0 Å². The van der Waals surface area contributed by atoms with Gasteiger partial charge in [-0.05, 0) is 24.6 Å². The van der Waals surface area contributed by atoms with E-state index in [1.54, 1.807) is 0 Å². The number of carboxylic acids is 1. The summed E-state index contributed by atoms with van der Waals surface area (Å²) in [5, 5.41) is 11.2. The Kier molecular flexibility index (Phi) is 5.15. The molecule has 0 aliphatic carbocycles. The lowest BCUT2D eigenvalue weighted by Crippen LogP contribution is -2.26. The molecule has 5 heteroatoms. The van der Waals surface area contributed by atoms with Crippen molar-refractivity contribution in [2.75, 3.05) is 0 Å². The first kappa shape index (κ1) is 13.7. The number of nitrogens with one attached hydrogen (secondary N) is 1. The lowest BCUT2D eigenvalue weighted by Gasteiger charge is -2.14. The Morgan fingerprint density at radius 2 is 1.88 bits per heavy atom. The monoisotopic (exact) mass is 299 g/mol. The molecule has 1 aromatic rings. The van der Waals surface area contributed by atoms with Crippen LogP contribution in [0.2, 0.25) is 0 Å². The highest BCUT2D eigenvalue weighted by Gasteiger charge is 2.10. The molecule has 0 aliphatic rings. The highest BCUT2D eigenvalue weighted by Crippen LogP contribution is 2.16. The zero-order chi connectivity index (χ0) is 12.8. The second-order valence-corrected chi connectivity index (χ2v) is 4.65. The van der Waals surface area contributed by atoms with Crippen molar-refractivity contribution in [2.24, 2.45) is 0 Å². The van der Waals surface area contributed by atoms with Gasteiger partial charge in [0.25, 0.3) is 0 Å². The first-order valence-corrected chi connectivity index (χ1v) is 6.05. The van der Waals surface area contributed by atoms with Crippen molar-refractivity contribution in [1.82, 2.24) is 5.32 Å². The van der Waals surface area contributed by atoms with Crippen molar-refractivity contribution in [3.63, 3.8) is 0 Å². The Morgan fingerprint density at radius 3 is 2.41 bits per heavy atom. The number of halogens is 1. The standard InChI is InChI=1S/C12H14BrNO3/c1-8(9-2-4-10(13)5-3-9)14-11(15)6-7-12(16)17/h2-5,8H,6-7H2,1H3,(H,14,15)(H,16,17)/t8-/m0/s1. The van der Waals surface area contributed by atoms with Gasteiger partial charge in [-0.3, -0.25) is 9.59 Å². The summed E-state index contributed by atoms with van der Waals surface area (Å²) in [5.41, 5.74) is 0.983. The van der Waals surface area contributed by atoms with Gasteiger partial charge in [0.1, 0.15) is 0 Å². The van der Waals surface area contributed by atoms with Crippen LogP contribution in [0.1, 0.15) is 31.4 Å². The predicted molar refractivity (Wildman–Crippen MR) is 67.6 cm³/mol. The first-order chi connectivity index (χ1) is 7.99. The lowest BCUT2D eigenvalue weighted by molar-refractivity contribution is -0.138. The number of aliphatic carboxylic acids is 1. The van der Waals surface area contributed by atoms with Crippen molar-refractivity contribution >= 4 is 27.8 Å². The minimum Gasteiger partial charge on any atom is -0.481 e. The maximum Gasteiger partial charge on any atom is 0.303 e. The summed E-state index contributed by atoms with van der Waals surface area (Å²) < 4.78 is 0.977. The molecule has 0 aromatic heterocycles. The maximum atomic E-state index is 11.4. The van der Waals surface area contributed by atoms with Crippen molar-refractivity contribution in [1.29, 1.82) is 0 Å². The van der Waals surface area contributed by atoms with E-state index in [0.29, 0.717) is 0 Å². The highest BCUT2D eigenvalue weighted by atomic mass is 79.9. The predicted octanol–water partition coefficient (Wildman–Crippen LogP) is 2.49. The van der Waals surface area contributed by atoms with E-state index in [9.17, 15) is 9.59 Å². The van der Waals surface area contributed by atoms with E-state index >= 15 is 0 Å². The summed E-state index contributed by atoms with van der Waals surface area (Å²) in [6.45, 7) is 1.86. The molecular weight excluding hydrogens is 286 g/mol. The number of carbonyl (C=O) groups excluding carboxylic acids is 1. The third kappa shape index (κ3) is 4.99. The van der Waals surface area contributed by atoms with Crippen LogP contribution in [0.15, 0.2) is 28.7 Å². The third-order valence-corrected chi connectivity index (χ3v) is 2.84. The van der Waals surface area contributed by atoms with Gasteiger partial charge in [0, 0.05) is 10.9 Å². The van der Waals surface area contributed by atoms with Crippen molar-refractivity contribution in [3.8, 4) is 0 Å². The summed E-state index contributed by atoms with van der Waals surface area (Å²) in [7, 11) is 0. The van der Waals surface area contributed by atoms with Gasteiger partial charge in [-0.15, -0.1) is 0 Å². The molecule has 1 aromatic carbocycles. The fourth-order valence-corrected chi connectivity index (χ4v) is 1.63. The quantitative estimate of drug-likeness (QED) is 0.878. The second kappa shape index (κ2) is 6.39. The molecule has 92 valence electrons. The molecule has 2 N–H and O–H groups in total. The van der Waals surface area contributed by atoms with Crippen LogP contribution >= 0.6 is 15.9 Å². The number of carboxylic acid groups (broad SMARTS) is 1. The average Bonchev–Trinajstić information content (AvgIpc) is 2.27. The molecule has 0 heterocycles. The molecule has 0 aliphatic heterocycles. The fraction of sp³-hybridized carbons (Fsp3) is 0.333. The van der Waals surface area contributed by atoms with Gasteiger partial charge < -0.3 is 10.4 Å².